The fourth-order valence-electron chi connectivity index (χ4n) is 4.08. The molecule has 4 heterocycles. The summed E-state index contributed by atoms with van der Waals surface area (Å²) < 4.78 is 6.09. The predicted octanol–water partition coefficient (Wildman–Crippen LogP) is 3.82. The normalized spacial score (nSPS) is 17.0. The van der Waals surface area contributed by atoms with Crippen LogP contribution >= 0.6 is 11.3 Å². The molecule has 0 saturated carbocycles. The van der Waals surface area contributed by atoms with Crippen molar-refractivity contribution in [1.29, 1.82) is 0 Å². The van der Waals surface area contributed by atoms with Crippen molar-refractivity contribution in [2.24, 2.45) is 0 Å². The maximum atomic E-state index is 6.09. The number of likely N-dealkylation sites (N-methyl/N-ethyl adjacent to an activating group) is 1. The lowest BCUT2D eigenvalue weighted by Crippen LogP contribution is -2.30. The summed E-state index contributed by atoms with van der Waals surface area (Å²) in [6.45, 7) is 5.24. The Morgan fingerprint density at radius 2 is 2.23 bits per heavy atom. The Morgan fingerprint density at radius 3 is 3.03 bits per heavy atom. The van der Waals surface area contributed by atoms with Crippen molar-refractivity contribution < 1.29 is 4.74 Å². The average Bonchev–Trinajstić information content (AvgIpc) is 3.53. The van der Waals surface area contributed by atoms with E-state index in [4.69, 9.17) is 9.72 Å². The minimum Gasteiger partial charge on any atom is -0.360 e. The molecule has 0 radical (unpaired) electrons. The van der Waals surface area contributed by atoms with E-state index in [9.17, 15) is 0 Å². The summed E-state index contributed by atoms with van der Waals surface area (Å²) >= 11 is 1.65. The zero-order valence-electron chi connectivity index (χ0n) is 17.8. The SMILES string of the molecule is CNC1CCN(COCc2nc(-c3[nH]nc4c(C)cccc34)sc2-c2cccnc2)C1. The van der Waals surface area contributed by atoms with Gasteiger partial charge in [0.25, 0.3) is 0 Å². The quantitative estimate of drug-likeness (QED) is 0.460. The molecule has 1 fully saturated rings. The maximum absolute atomic E-state index is 6.09. The second kappa shape index (κ2) is 8.84. The van der Waals surface area contributed by atoms with Crippen LogP contribution in [0.3, 0.4) is 0 Å². The van der Waals surface area contributed by atoms with Gasteiger partial charge in [0.1, 0.15) is 10.7 Å². The van der Waals surface area contributed by atoms with Crippen LogP contribution in [0, 0.1) is 6.92 Å². The van der Waals surface area contributed by atoms with Crippen molar-refractivity contribution in [3.05, 3.63) is 54.0 Å². The largest absolute Gasteiger partial charge is 0.360 e. The minimum absolute atomic E-state index is 0.465. The number of fused-ring (bicyclic) bond motifs is 1. The molecule has 3 aromatic heterocycles. The van der Waals surface area contributed by atoms with Crippen molar-refractivity contribution in [1.82, 2.24) is 30.4 Å². The van der Waals surface area contributed by atoms with Crippen molar-refractivity contribution in [3.63, 3.8) is 0 Å². The second-order valence-corrected chi connectivity index (χ2v) is 8.93. The number of aromatic amines is 1. The molecule has 1 aliphatic heterocycles. The third-order valence-electron chi connectivity index (χ3n) is 5.81. The molecule has 0 bridgehead atoms. The fraction of sp³-hybridized carbons (Fsp3) is 0.348. The molecule has 0 spiro atoms. The monoisotopic (exact) mass is 434 g/mol. The van der Waals surface area contributed by atoms with E-state index in [-0.39, 0.29) is 0 Å². The molecular weight excluding hydrogens is 408 g/mol. The Kier molecular flexibility index (Phi) is 5.78. The number of hydrogen-bond acceptors (Lipinski definition) is 7. The van der Waals surface area contributed by atoms with Crippen LogP contribution in [0.25, 0.3) is 32.0 Å². The number of benzene rings is 1. The van der Waals surface area contributed by atoms with Crippen LogP contribution in [0.5, 0.6) is 0 Å². The van der Waals surface area contributed by atoms with Crippen LogP contribution in [-0.4, -0.2) is 58.0 Å². The zero-order valence-corrected chi connectivity index (χ0v) is 18.6. The molecule has 1 aliphatic rings. The molecule has 5 rings (SSSR count). The molecule has 0 amide bonds. The molecule has 8 heteroatoms. The van der Waals surface area contributed by atoms with Crippen LogP contribution in [0.15, 0.2) is 42.7 Å². The van der Waals surface area contributed by atoms with Crippen LogP contribution < -0.4 is 5.32 Å². The van der Waals surface area contributed by atoms with Crippen LogP contribution in [0.4, 0.5) is 0 Å². The Bertz CT molecular complexity index is 1170. The number of nitrogens with one attached hydrogen (secondary N) is 2. The number of pyridine rings is 1. The lowest BCUT2D eigenvalue weighted by atomic mass is 10.1. The topological polar surface area (TPSA) is 79.0 Å². The Labute approximate surface area is 185 Å². The third kappa shape index (κ3) is 4.12. The van der Waals surface area contributed by atoms with E-state index < -0.39 is 0 Å². The van der Waals surface area contributed by atoms with Gasteiger partial charge >= 0.3 is 0 Å². The van der Waals surface area contributed by atoms with E-state index in [1.807, 2.05) is 19.3 Å². The zero-order chi connectivity index (χ0) is 21.2. The van der Waals surface area contributed by atoms with Crippen LogP contribution in [0.2, 0.25) is 0 Å². The number of hydrogen-bond donors (Lipinski definition) is 2. The van der Waals surface area contributed by atoms with Gasteiger partial charge in [0.05, 0.1) is 29.4 Å². The highest BCUT2D eigenvalue weighted by Gasteiger charge is 2.22. The summed E-state index contributed by atoms with van der Waals surface area (Å²) in [4.78, 5) is 12.7. The number of thiazole rings is 1. The van der Waals surface area contributed by atoms with Gasteiger partial charge in [-0.1, -0.05) is 24.3 Å². The highest BCUT2D eigenvalue weighted by atomic mass is 32.1. The Balaban J connectivity index is 1.43. The number of rotatable bonds is 7. The molecule has 7 nitrogen and oxygen atoms in total. The molecule has 31 heavy (non-hydrogen) atoms. The second-order valence-electron chi connectivity index (χ2n) is 7.94. The average molecular weight is 435 g/mol. The number of para-hydroxylation sites is 1. The van der Waals surface area contributed by atoms with E-state index in [2.05, 4.69) is 56.6 Å². The molecule has 1 atom stereocenters. The molecule has 0 aliphatic carbocycles. The molecule has 160 valence electrons. The number of H-pyrrole nitrogens is 1. The van der Waals surface area contributed by atoms with Crippen LogP contribution in [0.1, 0.15) is 17.7 Å². The van der Waals surface area contributed by atoms with Crippen molar-refractivity contribution in [2.75, 3.05) is 26.9 Å². The van der Waals surface area contributed by atoms with Gasteiger partial charge in [-0.3, -0.25) is 15.0 Å². The first-order chi connectivity index (χ1) is 15.2. The molecule has 2 N–H and O–H groups in total. The van der Waals surface area contributed by atoms with E-state index in [1.165, 1.54) is 0 Å². The summed E-state index contributed by atoms with van der Waals surface area (Å²) in [7, 11) is 2.02. The Morgan fingerprint density at radius 1 is 1.29 bits per heavy atom. The number of nitrogens with zero attached hydrogens (tertiary/aromatic N) is 4. The standard InChI is InChI=1S/C23H26N6OS/c1-15-5-3-7-18-20(15)27-28-21(18)23-26-19(22(31-23)16-6-4-9-25-11-16)13-30-14-29-10-8-17(12-29)24-2/h3-7,9,11,17,24H,8,10,12-14H2,1-2H3,(H,27,28). The van der Waals surface area contributed by atoms with Gasteiger partial charge in [-0.05, 0) is 32.0 Å². The van der Waals surface area contributed by atoms with E-state index in [0.29, 0.717) is 19.4 Å². The maximum Gasteiger partial charge on any atom is 0.142 e. The van der Waals surface area contributed by atoms with Gasteiger partial charge in [0.2, 0.25) is 0 Å². The molecule has 1 unspecified atom stereocenters. The van der Waals surface area contributed by atoms with Gasteiger partial charge in [0.15, 0.2) is 0 Å². The van der Waals surface area contributed by atoms with Crippen LogP contribution in [-0.2, 0) is 11.3 Å². The first-order valence-corrected chi connectivity index (χ1v) is 11.4. The van der Waals surface area contributed by atoms with E-state index >= 15 is 0 Å². The van der Waals surface area contributed by atoms with Crippen molar-refractivity contribution in [3.8, 4) is 21.1 Å². The van der Waals surface area contributed by atoms with Gasteiger partial charge in [-0.2, -0.15) is 5.10 Å². The summed E-state index contributed by atoms with van der Waals surface area (Å²) in [5.74, 6) is 0. The van der Waals surface area contributed by atoms with Gasteiger partial charge in [0, 0.05) is 42.5 Å². The van der Waals surface area contributed by atoms with E-state index in [1.54, 1.807) is 17.5 Å². The predicted molar refractivity (Wildman–Crippen MR) is 124 cm³/mol. The highest BCUT2D eigenvalue weighted by Crippen LogP contribution is 2.37. The summed E-state index contributed by atoms with van der Waals surface area (Å²) in [6.07, 6.45) is 4.83. The molecule has 4 aromatic rings. The number of aryl methyl sites for hydroxylation is 1. The first-order valence-electron chi connectivity index (χ1n) is 10.5. The van der Waals surface area contributed by atoms with E-state index in [0.717, 1.165) is 62.8 Å². The highest BCUT2D eigenvalue weighted by molar-refractivity contribution is 7.18. The number of likely N-dealkylation sites (tertiary alicyclic amines) is 1. The third-order valence-corrected chi connectivity index (χ3v) is 6.98. The van der Waals surface area contributed by atoms with Gasteiger partial charge < -0.3 is 10.1 Å². The summed E-state index contributed by atoms with van der Waals surface area (Å²) in [6, 6.07) is 10.8. The van der Waals surface area contributed by atoms with Gasteiger partial charge in [-0.15, -0.1) is 11.3 Å². The number of aromatic nitrogens is 4. The number of ether oxygens (including phenoxy) is 1. The van der Waals surface area contributed by atoms with Crippen molar-refractivity contribution >= 4 is 22.2 Å². The minimum atomic E-state index is 0.465. The molecule has 1 aromatic carbocycles. The van der Waals surface area contributed by atoms with Crippen molar-refractivity contribution in [2.45, 2.75) is 26.0 Å². The summed E-state index contributed by atoms with van der Waals surface area (Å²) in [5.41, 5.74) is 5.09. The van der Waals surface area contributed by atoms with Gasteiger partial charge in [-0.25, -0.2) is 4.98 Å². The Hall–Kier alpha value is -2.65. The first kappa shape index (κ1) is 20.3. The molecular formula is C23H26N6OS. The summed E-state index contributed by atoms with van der Waals surface area (Å²) in [5, 5.41) is 13.1. The lowest BCUT2D eigenvalue weighted by molar-refractivity contribution is 0.0291. The molecule has 1 saturated heterocycles. The lowest BCUT2D eigenvalue weighted by Gasteiger charge is -2.15. The smallest absolute Gasteiger partial charge is 0.142 e. The fourth-order valence-corrected chi connectivity index (χ4v) is 5.15.